The Balaban J connectivity index is 1.58. The molecule has 0 unspecified atom stereocenters. The van der Waals surface area contributed by atoms with Crippen LogP contribution in [-0.2, 0) is 6.42 Å². The normalized spacial score (nSPS) is 13.1. The third kappa shape index (κ3) is 3.93. The molecule has 1 aliphatic rings. The van der Waals surface area contributed by atoms with Crippen LogP contribution >= 0.6 is 0 Å². The molecule has 0 spiro atoms. The first-order valence-electron chi connectivity index (χ1n) is 10.6. The van der Waals surface area contributed by atoms with Gasteiger partial charge in [0.25, 0.3) is 0 Å². The highest BCUT2D eigenvalue weighted by Gasteiger charge is 2.18. The van der Waals surface area contributed by atoms with Crippen molar-refractivity contribution in [3.63, 3.8) is 0 Å². The maximum absolute atomic E-state index is 6.50. The minimum atomic E-state index is 0.707. The summed E-state index contributed by atoms with van der Waals surface area (Å²) < 4.78 is 0. The maximum Gasteiger partial charge on any atom is 0.0730 e. The number of allylic oxidation sites excluding steroid dienone is 1. The zero-order valence-corrected chi connectivity index (χ0v) is 17.5. The van der Waals surface area contributed by atoms with Crippen LogP contribution in [0.2, 0.25) is 0 Å². The van der Waals surface area contributed by atoms with Crippen molar-refractivity contribution in [2.24, 2.45) is 10.7 Å². The van der Waals surface area contributed by atoms with E-state index in [-0.39, 0.29) is 0 Å². The Morgan fingerprint density at radius 2 is 1.42 bits per heavy atom. The SMILES string of the molecule is Cc1ccc(/C(N)=C/C(=Nc2ccccc2)c2ccc3c(c2)Cc2ccccc2-3)cc1. The van der Waals surface area contributed by atoms with E-state index in [1.54, 1.807) is 0 Å². The number of hydrogen-bond acceptors (Lipinski definition) is 2. The summed E-state index contributed by atoms with van der Waals surface area (Å²) in [6.07, 6.45) is 2.94. The lowest BCUT2D eigenvalue weighted by Crippen LogP contribution is -2.04. The highest BCUT2D eigenvalue weighted by molar-refractivity contribution is 6.13. The van der Waals surface area contributed by atoms with Crippen molar-refractivity contribution in [2.75, 3.05) is 0 Å². The van der Waals surface area contributed by atoms with E-state index in [1.807, 2.05) is 36.4 Å². The molecule has 0 saturated carbocycles. The Labute approximate surface area is 183 Å². The molecule has 0 fully saturated rings. The summed E-state index contributed by atoms with van der Waals surface area (Å²) >= 11 is 0. The maximum atomic E-state index is 6.50. The van der Waals surface area contributed by atoms with Crippen LogP contribution in [-0.4, -0.2) is 5.71 Å². The second-order valence-electron chi connectivity index (χ2n) is 8.00. The average Bonchev–Trinajstić information content (AvgIpc) is 3.17. The monoisotopic (exact) mass is 400 g/mol. The summed E-state index contributed by atoms with van der Waals surface area (Å²) in [5.74, 6) is 0. The van der Waals surface area contributed by atoms with Crippen LogP contribution in [0.1, 0.15) is 27.8 Å². The predicted octanol–water partition coefficient (Wildman–Crippen LogP) is 6.69. The summed E-state index contributed by atoms with van der Waals surface area (Å²) in [7, 11) is 0. The second-order valence-corrected chi connectivity index (χ2v) is 8.00. The van der Waals surface area contributed by atoms with E-state index in [1.165, 1.54) is 27.8 Å². The summed E-state index contributed by atoms with van der Waals surface area (Å²) in [6.45, 7) is 2.08. The minimum absolute atomic E-state index is 0.707. The number of rotatable bonds is 4. The number of benzene rings is 4. The lowest BCUT2D eigenvalue weighted by molar-refractivity contribution is 1.26. The third-order valence-electron chi connectivity index (χ3n) is 5.77. The summed E-state index contributed by atoms with van der Waals surface area (Å²) in [4.78, 5) is 4.95. The number of aliphatic imine (C=N–C) groups is 1. The Bertz CT molecular complexity index is 1300. The first kappa shape index (κ1) is 19.1. The number of nitrogens with two attached hydrogens (primary N) is 1. The van der Waals surface area contributed by atoms with Gasteiger partial charge in [0.05, 0.1) is 11.4 Å². The molecule has 4 aromatic carbocycles. The fourth-order valence-corrected chi connectivity index (χ4v) is 4.10. The topological polar surface area (TPSA) is 38.4 Å². The molecule has 0 radical (unpaired) electrons. The van der Waals surface area contributed by atoms with Crippen LogP contribution in [0, 0.1) is 6.92 Å². The van der Waals surface area contributed by atoms with Gasteiger partial charge in [0.15, 0.2) is 0 Å². The Kier molecular flexibility index (Phi) is 4.97. The third-order valence-corrected chi connectivity index (χ3v) is 5.77. The highest BCUT2D eigenvalue weighted by atomic mass is 14.7. The molecule has 150 valence electrons. The van der Waals surface area contributed by atoms with Gasteiger partial charge >= 0.3 is 0 Å². The van der Waals surface area contributed by atoms with Crippen molar-refractivity contribution in [3.8, 4) is 11.1 Å². The van der Waals surface area contributed by atoms with Gasteiger partial charge in [0.2, 0.25) is 0 Å². The Morgan fingerprint density at radius 1 is 0.742 bits per heavy atom. The molecule has 2 heteroatoms. The van der Waals surface area contributed by atoms with Gasteiger partial charge in [-0.3, -0.25) is 0 Å². The standard InChI is InChI=1S/C29H24N2/c1-20-11-13-21(14-12-20)28(30)19-29(31-25-8-3-2-4-9-25)23-15-16-27-24(18-23)17-22-7-5-6-10-26(22)27/h2-16,18-19H,17,30H2,1H3/b28-19-,31-29?. The molecule has 0 aliphatic heterocycles. The summed E-state index contributed by atoms with van der Waals surface area (Å²) in [6, 6.07) is 33.6. The smallest absolute Gasteiger partial charge is 0.0730 e. The van der Waals surface area contributed by atoms with E-state index in [0.717, 1.165) is 28.9 Å². The van der Waals surface area contributed by atoms with Gasteiger partial charge < -0.3 is 5.73 Å². The van der Waals surface area contributed by atoms with Crippen molar-refractivity contribution >= 4 is 17.1 Å². The zero-order valence-electron chi connectivity index (χ0n) is 17.5. The van der Waals surface area contributed by atoms with Crippen molar-refractivity contribution in [3.05, 3.63) is 131 Å². The number of para-hydroxylation sites is 1. The number of hydrogen-bond donors (Lipinski definition) is 1. The molecule has 0 heterocycles. The van der Waals surface area contributed by atoms with Gasteiger partial charge in [0.1, 0.15) is 0 Å². The molecular formula is C29H24N2. The van der Waals surface area contributed by atoms with Gasteiger partial charge in [-0.1, -0.05) is 84.4 Å². The predicted molar refractivity (Wildman–Crippen MR) is 131 cm³/mol. The molecule has 0 amide bonds. The quantitative estimate of drug-likeness (QED) is 0.335. The lowest BCUT2D eigenvalue weighted by atomic mass is 9.99. The Hall–Kier alpha value is -3.91. The van der Waals surface area contributed by atoms with Crippen molar-refractivity contribution < 1.29 is 0 Å². The van der Waals surface area contributed by atoms with Crippen LogP contribution in [0.3, 0.4) is 0 Å². The molecule has 1 aliphatic carbocycles. The molecule has 0 saturated heterocycles. The molecule has 31 heavy (non-hydrogen) atoms. The van der Waals surface area contributed by atoms with Crippen LogP contribution in [0.5, 0.6) is 0 Å². The largest absolute Gasteiger partial charge is 0.398 e. The molecule has 4 aromatic rings. The van der Waals surface area contributed by atoms with Gasteiger partial charge in [0, 0.05) is 11.3 Å². The molecule has 0 bridgehead atoms. The van der Waals surface area contributed by atoms with E-state index in [9.17, 15) is 0 Å². The van der Waals surface area contributed by atoms with Crippen LogP contribution < -0.4 is 5.73 Å². The number of nitrogens with zero attached hydrogens (tertiary/aromatic N) is 1. The van der Waals surface area contributed by atoms with E-state index in [4.69, 9.17) is 10.7 Å². The number of aryl methyl sites for hydroxylation is 1. The molecule has 0 aromatic heterocycles. The molecular weight excluding hydrogens is 376 g/mol. The fraction of sp³-hybridized carbons (Fsp3) is 0.0690. The first-order valence-corrected chi connectivity index (χ1v) is 10.6. The summed E-state index contributed by atoms with van der Waals surface area (Å²) in [5.41, 5.74) is 17.6. The van der Waals surface area contributed by atoms with E-state index < -0.39 is 0 Å². The van der Waals surface area contributed by atoms with Crippen LogP contribution in [0.25, 0.3) is 16.8 Å². The van der Waals surface area contributed by atoms with Crippen molar-refractivity contribution in [1.82, 2.24) is 0 Å². The molecule has 0 atom stereocenters. The zero-order chi connectivity index (χ0) is 21.2. The molecule has 2 N–H and O–H groups in total. The van der Waals surface area contributed by atoms with Gasteiger partial charge in [-0.05, 0) is 65.4 Å². The highest BCUT2D eigenvalue weighted by Crippen LogP contribution is 2.37. The van der Waals surface area contributed by atoms with Gasteiger partial charge in [-0.25, -0.2) is 4.99 Å². The van der Waals surface area contributed by atoms with E-state index in [0.29, 0.717) is 5.70 Å². The van der Waals surface area contributed by atoms with Crippen molar-refractivity contribution in [2.45, 2.75) is 13.3 Å². The number of fused-ring (bicyclic) bond motifs is 3. The van der Waals surface area contributed by atoms with E-state index in [2.05, 4.69) is 73.7 Å². The average molecular weight is 401 g/mol. The fourth-order valence-electron chi connectivity index (χ4n) is 4.10. The van der Waals surface area contributed by atoms with Crippen LogP contribution in [0.4, 0.5) is 5.69 Å². The first-order chi connectivity index (χ1) is 15.2. The minimum Gasteiger partial charge on any atom is -0.398 e. The molecule has 5 rings (SSSR count). The second kappa shape index (κ2) is 8.08. The lowest BCUT2D eigenvalue weighted by Gasteiger charge is -2.09. The van der Waals surface area contributed by atoms with Gasteiger partial charge in [-0.15, -0.1) is 0 Å². The van der Waals surface area contributed by atoms with Gasteiger partial charge in [-0.2, -0.15) is 0 Å². The van der Waals surface area contributed by atoms with Crippen LogP contribution in [0.15, 0.2) is 108 Å². The molecule has 2 nitrogen and oxygen atoms in total. The van der Waals surface area contributed by atoms with Crippen molar-refractivity contribution in [1.29, 1.82) is 0 Å². The summed E-state index contributed by atoms with van der Waals surface area (Å²) in [5, 5.41) is 0. The Morgan fingerprint density at radius 3 is 2.23 bits per heavy atom. The van der Waals surface area contributed by atoms with E-state index >= 15 is 0 Å².